The van der Waals surface area contributed by atoms with Crippen molar-refractivity contribution < 1.29 is 18.3 Å². The van der Waals surface area contributed by atoms with E-state index >= 15 is 0 Å². The molecule has 0 atom stereocenters. The molecule has 0 aliphatic rings. The van der Waals surface area contributed by atoms with E-state index in [-0.39, 0.29) is 6.54 Å². The Morgan fingerprint density at radius 1 is 1.63 bits per heavy atom. The summed E-state index contributed by atoms with van der Waals surface area (Å²) in [7, 11) is 1.53. The molecule has 1 rings (SSSR count). The number of thioether (sulfide) groups is 1. The molecule has 4 nitrogen and oxygen atoms in total. The number of aromatic nitrogens is 1. The highest BCUT2D eigenvalue weighted by Crippen LogP contribution is 2.24. The highest BCUT2D eigenvalue weighted by molar-refractivity contribution is 8.01. The first-order chi connectivity index (χ1) is 9.11. The Morgan fingerprint density at radius 2 is 2.42 bits per heavy atom. The standard InChI is InChI=1S/C11H14F2N2O2S2/c1-17-5-4-15(16)8-9-7-14-11(19-9)18-6-2-3-10(12)13/h3,7-8H,2,4-6H2,1H3/b15-8-. The SMILES string of the molecule is COCC/[N+]([O-])=C/c1cnc(SCCC=C(F)F)s1. The molecule has 0 fully saturated rings. The van der Waals surface area contributed by atoms with E-state index in [4.69, 9.17) is 4.74 Å². The zero-order valence-electron chi connectivity index (χ0n) is 10.3. The van der Waals surface area contributed by atoms with Crippen LogP contribution in [0.25, 0.3) is 0 Å². The second-order valence-electron chi connectivity index (χ2n) is 3.42. The molecule has 0 aliphatic carbocycles. The van der Waals surface area contributed by atoms with Crippen LogP contribution in [-0.4, -0.2) is 42.0 Å². The molecule has 8 heteroatoms. The highest BCUT2D eigenvalue weighted by Gasteiger charge is 2.04. The lowest BCUT2D eigenvalue weighted by molar-refractivity contribution is -0.455. The second-order valence-corrected chi connectivity index (χ2v) is 5.83. The summed E-state index contributed by atoms with van der Waals surface area (Å²) in [5, 5.41) is 11.4. The molecule has 0 amide bonds. The van der Waals surface area contributed by atoms with Gasteiger partial charge in [-0.1, -0.05) is 11.8 Å². The molecule has 0 N–H and O–H groups in total. The molecule has 0 unspecified atom stereocenters. The topological polar surface area (TPSA) is 48.2 Å². The fourth-order valence-electron chi connectivity index (χ4n) is 1.10. The summed E-state index contributed by atoms with van der Waals surface area (Å²) in [6.45, 7) is 0.624. The quantitative estimate of drug-likeness (QED) is 0.185. The predicted octanol–water partition coefficient (Wildman–Crippen LogP) is 2.98. The zero-order valence-corrected chi connectivity index (χ0v) is 12.0. The van der Waals surface area contributed by atoms with Gasteiger partial charge in [0.05, 0.1) is 6.20 Å². The molecule has 0 saturated heterocycles. The molecule has 1 aromatic heterocycles. The average molecular weight is 308 g/mol. The first-order valence-corrected chi connectivity index (χ1v) is 7.29. The Labute approximate surface area is 118 Å². The first-order valence-electron chi connectivity index (χ1n) is 5.49. The molecule has 1 heterocycles. The van der Waals surface area contributed by atoms with Crippen molar-refractivity contribution in [3.05, 3.63) is 28.4 Å². The minimum absolute atomic E-state index is 0.261. The number of ether oxygens (including phenoxy) is 1. The van der Waals surface area contributed by atoms with Gasteiger partial charge in [-0.15, -0.1) is 11.3 Å². The van der Waals surface area contributed by atoms with Crippen LogP contribution in [0.2, 0.25) is 0 Å². The molecule has 19 heavy (non-hydrogen) atoms. The summed E-state index contributed by atoms with van der Waals surface area (Å²) in [4.78, 5) is 4.85. The Bertz CT molecular complexity index is 446. The van der Waals surface area contributed by atoms with Crippen LogP contribution in [0.15, 0.2) is 22.7 Å². The van der Waals surface area contributed by atoms with Crippen molar-refractivity contribution in [3.8, 4) is 0 Å². The Balaban J connectivity index is 2.41. The van der Waals surface area contributed by atoms with Gasteiger partial charge in [0.25, 0.3) is 6.08 Å². The van der Waals surface area contributed by atoms with Crippen LogP contribution >= 0.6 is 23.1 Å². The number of hydrogen-bond acceptors (Lipinski definition) is 5. The summed E-state index contributed by atoms with van der Waals surface area (Å²) in [6.07, 6.45) is 2.57. The molecule has 0 aromatic carbocycles. The molecule has 0 aliphatic heterocycles. The van der Waals surface area contributed by atoms with Gasteiger partial charge in [0.15, 0.2) is 17.1 Å². The third kappa shape index (κ3) is 7.24. The summed E-state index contributed by atoms with van der Waals surface area (Å²) >= 11 is 2.75. The maximum atomic E-state index is 11.8. The van der Waals surface area contributed by atoms with E-state index in [1.807, 2.05) is 0 Å². The van der Waals surface area contributed by atoms with Gasteiger partial charge in [0.1, 0.15) is 11.5 Å². The number of allylic oxidation sites excluding steroid dienone is 1. The lowest BCUT2D eigenvalue weighted by atomic mass is 10.5. The van der Waals surface area contributed by atoms with Gasteiger partial charge in [-0.3, -0.25) is 0 Å². The molecule has 0 saturated carbocycles. The fourth-order valence-corrected chi connectivity index (χ4v) is 2.99. The predicted molar refractivity (Wildman–Crippen MR) is 73.3 cm³/mol. The smallest absolute Gasteiger partial charge is 0.266 e. The normalized spacial score (nSPS) is 11.6. The Morgan fingerprint density at radius 3 is 3.11 bits per heavy atom. The number of thiazole rings is 1. The van der Waals surface area contributed by atoms with Crippen molar-refractivity contribution in [2.75, 3.05) is 26.0 Å². The molecule has 1 aromatic rings. The van der Waals surface area contributed by atoms with Gasteiger partial charge in [-0.25, -0.2) is 9.72 Å². The Kier molecular flexibility index (Phi) is 7.61. The molecule has 0 bridgehead atoms. The number of halogens is 2. The summed E-state index contributed by atoms with van der Waals surface area (Å²) in [6, 6.07) is 0. The number of hydrogen-bond donors (Lipinski definition) is 0. The van der Waals surface area contributed by atoms with Crippen LogP contribution in [-0.2, 0) is 4.74 Å². The molecule has 106 valence electrons. The number of hydroxylamine groups is 1. The zero-order chi connectivity index (χ0) is 14.1. The van der Waals surface area contributed by atoms with E-state index in [2.05, 4.69) is 4.98 Å². The number of methoxy groups -OCH3 is 1. The van der Waals surface area contributed by atoms with Gasteiger partial charge < -0.3 is 9.94 Å². The van der Waals surface area contributed by atoms with Crippen molar-refractivity contribution in [3.63, 3.8) is 0 Å². The van der Waals surface area contributed by atoms with Crippen molar-refractivity contribution in [2.24, 2.45) is 0 Å². The van der Waals surface area contributed by atoms with Gasteiger partial charge in [-0.2, -0.15) is 8.78 Å². The van der Waals surface area contributed by atoms with Crippen molar-refractivity contribution >= 4 is 29.3 Å². The monoisotopic (exact) mass is 308 g/mol. The second kappa shape index (κ2) is 9.00. The van der Waals surface area contributed by atoms with Crippen LogP contribution < -0.4 is 0 Å². The van der Waals surface area contributed by atoms with E-state index in [9.17, 15) is 14.0 Å². The highest BCUT2D eigenvalue weighted by atomic mass is 32.2. The lowest BCUT2D eigenvalue weighted by Gasteiger charge is -2.01. The van der Waals surface area contributed by atoms with Gasteiger partial charge in [0, 0.05) is 12.9 Å². The van der Waals surface area contributed by atoms with Crippen LogP contribution in [0.4, 0.5) is 8.78 Å². The molecule has 0 spiro atoms. The summed E-state index contributed by atoms with van der Waals surface area (Å²) in [5.41, 5.74) is 0. The third-order valence-corrected chi connectivity index (χ3v) is 4.05. The van der Waals surface area contributed by atoms with Crippen molar-refractivity contribution in [1.82, 2.24) is 4.98 Å². The van der Waals surface area contributed by atoms with Gasteiger partial charge in [0.2, 0.25) is 0 Å². The van der Waals surface area contributed by atoms with Gasteiger partial charge >= 0.3 is 0 Å². The van der Waals surface area contributed by atoms with Gasteiger partial charge in [-0.05, 0) is 12.5 Å². The minimum atomic E-state index is -1.66. The fraction of sp³-hybridized carbons (Fsp3) is 0.455. The van der Waals surface area contributed by atoms with E-state index in [0.717, 1.165) is 20.0 Å². The molecular formula is C11H14F2N2O2S2. The summed E-state index contributed by atoms with van der Waals surface area (Å²) in [5.74, 6) is 0.537. The van der Waals surface area contributed by atoms with Crippen LogP contribution in [0.3, 0.4) is 0 Å². The average Bonchev–Trinajstić information content (AvgIpc) is 2.79. The summed E-state index contributed by atoms with van der Waals surface area (Å²) < 4.78 is 29.9. The lowest BCUT2D eigenvalue weighted by Crippen LogP contribution is -2.11. The molecule has 0 radical (unpaired) electrons. The number of nitrogens with zero attached hydrogens (tertiary/aromatic N) is 2. The maximum Gasteiger partial charge on any atom is 0.266 e. The number of rotatable bonds is 8. The third-order valence-electron chi connectivity index (χ3n) is 1.93. The Hall–Kier alpha value is -0.990. The van der Waals surface area contributed by atoms with Crippen LogP contribution in [0, 0.1) is 5.21 Å². The van der Waals surface area contributed by atoms with E-state index < -0.39 is 6.08 Å². The largest absolute Gasteiger partial charge is 0.624 e. The first kappa shape index (κ1) is 16.1. The minimum Gasteiger partial charge on any atom is -0.624 e. The van der Waals surface area contributed by atoms with Crippen LogP contribution in [0.5, 0.6) is 0 Å². The molecular weight excluding hydrogens is 294 g/mol. The van der Waals surface area contributed by atoms with E-state index in [0.29, 0.717) is 18.8 Å². The maximum absolute atomic E-state index is 11.8. The van der Waals surface area contributed by atoms with E-state index in [1.165, 1.54) is 36.4 Å². The van der Waals surface area contributed by atoms with Crippen molar-refractivity contribution in [2.45, 2.75) is 10.8 Å². The van der Waals surface area contributed by atoms with Crippen molar-refractivity contribution in [1.29, 1.82) is 0 Å². The van der Waals surface area contributed by atoms with Crippen LogP contribution in [0.1, 0.15) is 11.3 Å². The van der Waals surface area contributed by atoms with E-state index in [1.54, 1.807) is 6.20 Å².